The second kappa shape index (κ2) is 7.18. The predicted molar refractivity (Wildman–Crippen MR) is 106 cm³/mol. The highest BCUT2D eigenvalue weighted by atomic mass is 35.5. The average Bonchev–Trinajstić information content (AvgIpc) is 2.69. The zero-order valence-electron chi connectivity index (χ0n) is 14.4. The second-order valence-electron chi connectivity index (χ2n) is 6.20. The van der Waals surface area contributed by atoms with E-state index in [4.69, 9.17) is 23.2 Å². The van der Waals surface area contributed by atoms with E-state index in [1.165, 1.54) is 7.11 Å². The third-order valence-corrected chi connectivity index (χ3v) is 5.36. The molecule has 136 valence electrons. The Bertz CT molecular complexity index is 1040. The van der Waals surface area contributed by atoms with Crippen molar-refractivity contribution in [3.8, 4) is 11.3 Å². The van der Waals surface area contributed by atoms with Crippen molar-refractivity contribution in [2.45, 2.75) is 12.3 Å². The maximum Gasteiger partial charge on any atom is 0.413 e. The summed E-state index contributed by atoms with van der Waals surface area (Å²) in [6.45, 7) is 0. The summed E-state index contributed by atoms with van der Waals surface area (Å²) in [7, 11) is 1.30. The molecule has 1 aliphatic carbocycles. The lowest BCUT2D eigenvalue weighted by atomic mass is 9.78. The second-order valence-corrected chi connectivity index (χ2v) is 7.02. The van der Waals surface area contributed by atoms with E-state index < -0.39 is 6.09 Å². The van der Waals surface area contributed by atoms with Crippen molar-refractivity contribution < 1.29 is 9.53 Å². The number of ether oxygens (including phenoxy) is 1. The fraction of sp³-hybridized carbons (Fsp3) is 0.150. The number of hydrogen-bond donors (Lipinski definition) is 1. The van der Waals surface area contributed by atoms with Crippen LogP contribution < -0.4 is 5.32 Å². The van der Waals surface area contributed by atoms with Gasteiger partial charge >= 0.3 is 6.09 Å². The molecule has 1 heterocycles. The monoisotopic (exact) mass is 399 g/mol. The molecule has 1 amide bonds. The first-order chi connectivity index (χ1) is 13.1. The van der Waals surface area contributed by atoms with Crippen LogP contribution in [0.1, 0.15) is 22.6 Å². The summed E-state index contributed by atoms with van der Waals surface area (Å²) < 4.78 is 4.61. The summed E-state index contributed by atoms with van der Waals surface area (Å²) in [5.74, 6) is 0.329. The largest absolute Gasteiger partial charge is 0.453 e. The molecule has 1 aromatic heterocycles. The number of halogens is 2. The fourth-order valence-corrected chi connectivity index (χ4v) is 3.67. The number of rotatable bonds is 2. The first kappa shape index (κ1) is 17.8. The van der Waals surface area contributed by atoms with Crippen LogP contribution in [-0.2, 0) is 11.2 Å². The average molecular weight is 400 g/mol. The minimum atomic E-state index is -0.604. The lowest BCUT2D eigenvalue weighted by Crippen LogP contribution is -2.17. The van der Waals surface area contributed by atoms with Crippen molar-refractivity contribution >= 4 is 35.2 Å². The summed E-state index contributed by atoms with van der Waals surface area (Å²) in [6, 6.07) is 13.8. The maximum absolute atomic E-state index is 11.5. The van der Waals surface area contributed by atoms with E-state index in [0.29, 0.717) is 10.0 Å². The van der Waals surface area contributed by atoms with Gasteiger partial charge in [-0.15, -0.1) is 0 Å². The molecule has 7 heteroatoms. The topological polar surface area (TPSA) is 64.1 Å². The molecule has 1 unspecified atom stereocenters. The van der Waals surface area contributed by atoms with Gasteiger partial charge in [0.05, 0.1) is 22.8 Å². The fourth-order valence-electron chi connectivity index (χ4n) is 3.36. The molecule has 0 radical (unpaired) electrons. The van der Waals surface area contributed by atoms with Crippen LogP contribution in [0.25, 0.3) is 11.3 Å². The standard InChI is InChI=1S/C20H15Cl2N3O2/c1-27-20(26)25-19-23-10-12-8-15(11-6-7-16(21)17(22)9-11)13-4-2-3-5-14(13)18(12)24-19/h2-7,9-10,15H,8H2,1H3,(H,23,24,25,26). The number of carbonyl (C=O) groups excluding carboxylic acids is 1. The van der Waals surface area contributed by atoms with Crippen molar-refractivity contribution in [3.05, 3.63) is 75.4 Å². The van der Waals surface area contributed by atoms with Crippen molar-refractivity contribution in [1.82, 2.24) is 9.97 Å². The number of hydrogen-bond acceptors (Lipinski definition) is 4. The Morgan fingerprint density at radius 1 is 1.19 bits per heavy atom. The Morgan fingerprint density at radius 2 is 2.00 bits per heavy atom. The Hall–Kier alpha value is -2.63. The highest BCUT2D eigenvalue weighted by Gasteiger charge is 2.28. The molecule has 0 spiro atoms. The molecule has 5 nitrogen and oxygen atoms in total. The van der Waals surface area contributed by atoms with Crippen molar-refractivity contribution in [3.63, 3.8) is 0 Å². The van der Waals surface area contributed by atoms with Crippen LogP contribution >= 0.6 is 23.2 Å². The minimum absolute atomic E-state index is 0.117. The molecule has 1 atom stereocenters. The van der Waals surface area contributed by atoms with Crippen LogP contribution in [-0.4, -0.2) is 23.2 Å². The van der Waals surface area contributed by atoms with Gasteiger partial charge in [0.25, 0.3) is 0 Å². The van der Waals surface area contributed by atoms with Gasteiger partial charge in [-0.2, -0.15) is 0 Å². The summed E-state index contributed by atoms with van der Waals surface area (Å²) in [5.41, 5.74) is 5.04. The summed E-state index contributed by atoms with van der Waals surface area (Å²) in [4.78, 5) is 20.2. The van der Waals surface area contributed by atoms with Gasteiger partial charge in [0, 0.05) is 17.7 Å². The van der Waals surface area contributed by atoms with Crippen molar-refractivity contribution in [2.24, 2.45) is 0 Å². The van der Waals surface area contributed by atoms with Crippen molar-refractivity contribution in [2.75, 3.05) is 12.4 Å². The molecule has 2 aromatic carbocycles. The van der Waals surface area contributed by atoms with Gasteiger partial charge in [-0.05, 0) is 35.2 Å². The molecular weight excluding hydrogens is 385 g/mol. The molecule has 1 aliphatic rings. The zero-order chi connectivity index (χ0) is 19.0. The van der Waals surface area contributed by atoms with E-state index in [2.05, 4.69) is 26.1 Å². The number of nitrogens with zero attached hydrogens (tertiary/aromatic N) is 2. The lowest BCUT2D eigenvalue weighted by molar-refractivity contribution is 0.186. The van der Waals surface area contributed by atoms with Gasteiger partial charge in [-0.1, -0.05) is 53.5 Å². The molecule has 1 N–H and O–H groups in total. The first-order valence-electron chi connectivity index (χ1n) is 8.32. The third-order valence-electron chi connectivity index (χ3n) is 4.63. The first-order valence-corrected chi connectivity index (χ1v) is 9.07. The zero-order valence-corrected chi connectivity index (χ0v) is 15.9. The third kappa shape index (κ3) is 3.36. The SMILES string of the molecule is COC(=O)Nc1ncc2c(n1)-c1ccccc1C(c1ccc(Cl)c(Cl)c1)C2. The normalized spacial score (nSPS) is 14.9. The Balaban J connectivity index is 1.79. The molecule has 0 fully saturated rings. The van der Waals surface area contributed by atoms with E-state index in [9.17, 15) is 4.79 Å². The summed E-state index contributed by atoms with van der Waals surface area (Å²) in [5, 5.41) is 3.58. The molecule has 27 heavy (non-hydrogen) atoms. The number of carbonyl (C=O) groups is 1. The van der Waals surface area contributed by atoms with Gasteiger partial charge < -0.3 is 4.74 Å². The van der Waals surface area contributed by atoms with E-state index >= 15 is 0 Å². The highest BCUT2D eigenvalue weighted by Crippen LogP contribution is 2.42. The molecule has 0 saturated heterocycles. The Kier molecular flexibility index (Phi) is 4.72. The van der Waals surface area contributed by atoms with Crippen LogP contribution in [0, 0.1) is 0 Å². The molecule has 3 aromatic rings. The van der Waals surface area contributed by atoms with Crippen molar-refractivity contribution in [1.29, 1.82) is 0 Å². The van der Waals surface area contributed by atoms with E-state index in [-0.39, 0.29) is 11.9 Å². The smallest absolute Gasteiger partial charge is 0.413 e. The number of benzene rings is 2. The summed E-state index contributed by atoms with van der Waals surface area (Å²) >= 11 is 12.3. The number of nitrogens with one attached hydrogen (secondary N) is 1. The van der Waals surface area contributed by atoms with E-state index in [1.54, 1.807) is 6.20 Å². The number of aromatic nitrogens is 2. The van der Waals surface area contributed by atoms with Gasteiger partial charge in [-0.25, -0.2) is 14.8 Å². The van der Waals surface area contributed by atoms with Crippen LogP contribution in [0.15, 0.2) is 48.7 Å². The highest BCUT2D eigenvalue weighted by molar-refractivity contribution is 6.42. The van der Waals surface area contributed by atoms with Gasteiger partial charge in [-0.3, -0.25) is 5.32 Å². The maximum atomic E-state index is 11.5. The van der Waals surface area contributed by atoms with Gasteiger partial charge in [0.1, 0.15) is 0 Å². The molecule has 0 aliphatic heterocycles. The van der Waals surface area contributed by atoms with Gasteiger partial charge in [0.15, 0.2) is 0 Å². The number of amides is 1. The molecule has 0 bridgehead atoms. The quantitative estimate of drug-likeness (QED) is 0.633. The summed E-state index contributed by atoms with van der Waals surface area (Å²) in [6.07, 6.45) is 1.87. The minimum Gasteiger partial charge on any atom is -0.453 e. The molecular formula is C20H15Cl2N3O2. The van der Waals surface area contributed by atoms with Crippen LogP contribution in [0.5, 0.6) is 0 Å². The van der Waals surface area contributed by atoms with E-state index in [1.807, 2.05) is 36.4 Å². The van der Waals surface area contributed by atoms with Crippen LogP contribution in [0.3, 0.4) is 0 Å². The predicted octanol–water partition coefficient (Wildman–Crippen LogP) is 5.32. The van der Waals surface area contributed by atoms with Crippen LogP contribution in [0.2, 0.25) is 10.0 Å². The van der Waals surface area contributed by atoms with Crippen LogP contribution in [0.4, 0.5) is 10.7 Å². The Labute approximate surface area is 166 Å². The Morgan fingerprint density at radius 3 is 2.78 bits per heavy atom. The number of anilines is 1. The van der Waals surface area contributed by atoms with E-state index in [0.717, 1.165) is 34.4 Å². The molecule has 0 saturated carbocycles. The number of fused-ring (bicyclic) bond motifs is 3. The van der Waals surface area contributed by atoms with Gasteiger partial charge in [0.2, 0.25) is 5.95 Å². The molecule has 4 rings (SSSR count). The number of methoxy groups -OCH3 is 1. The lowest BCUT2D eigenvalue weighted by Gasteiger charge is -2.27.